The summed E-state index contributed by atoms with van der Waals surface area (Å²) in [6.45, 7) is 0. The maximum atomic E-state index is 9.70. The molecule has 0 fully saturated rings. The lowest BCUT2D eigenvalue weighted by Gasteiger charge is -2.13. The fourth-order valence-corrected chi connectivity index (χ4v) is 3.71. The first-order valence-corrected chi connectivity index (χ1v) is 8.43. The summed E-state index contributed by atoms with van der Waals surface area (Å²) >= 11 is 0. The molecule has 0 aliphatic carbocycles. The standard InChI is InChI=1S/C24H16O/c25-21-12-11-16-13-20(10-9-17(16)15-21)24-22-7-3-1-5-18(22)14-19-6-2-4-8-23(19)24/h1-15,25H. The van der Waals surface area contributed by atoms with E-state index in [4.69, 9.17) is 0 Å². The van der Waals surface area contributed by atoms with Crippen molar-refractivity contribution in [3.63, 3.8) is 0 Å². The average molecular weight is 320 g/mol. The van der Waals surface area contributed by atoms with Gasteiger partial charge in [0.25, 0.3) is 0 Å². The Morgan fingerprint density at radius 3 is 1.80 bits per heavy atom. The van der Waals surface area contributed by atoms with Crippen LogP contribution in [0, 0.1) is 0 Å². The highest BCUT2D eigenvalue weighted by molar-refractivity contribution is 6.13. The van der Waals surface area contributed by atoms with Gasteiger partial charge in [0, 0.05) is 0 Å². The molecule has 0 bridgehead atoms. The van der Waals surface area contributed by atoms with Gasteiger partial charge in [-0.15, -0.1) is 0 Å². The summed E-state index contributed by atoms with van der Waals surface area (Å²) in [5.41, 5.74) is 2.47. The molecule has 0 aliphatic heterocycles. The second kappa shape index (κ2) is 5.35. The van der Waals surface area contributed by atoms with Gasteiger partial charge in [-0.05, 0) is 67.7 Å². The van der Waals surface area contributed by atoms with Crippen LogP contribution in [0.15, 0.2) is 91.0 Å². The molecular weight excluding hydrogens is 304 g/mol. The summed E-state index contributed by atoms with van der Waals surface area (Å²) in [6.07, 6.45) is 0. The zero-order chi connectivity index (χ0) is 16.8. The quantitative estimate of drug-likeness (QED) is 0.349. The molecule has 0 aromatic heterocycles. The molecule has 0 atom stereocenters. The van der Waals surface area contributed by atoms with Gasteiger partial charge in [0.2, 0.25) is 0 Å². The predicted octanol–water partition coefficient (Wildman–Crippen LogP) is 6.52. The third-order valence-corrected chi connectivity index (χ3v) is 4.88. The van der Waals surface area contributed by atoms with Crippen LogP contribution in [0.2, 0.25) is 0 Å². The van der Waals surface area contributed by atoms with E-state index in [2.05, 4.69) is 72.8 Å². The summed E-state index contributed by atoms with van der Waals surface area (Å²) in [5.74, 6) is 0.302. The smallest absolute Gasteiger partial charge is 0.116 e. The van der Waals surface area contributed by atoms with Crippen molar-refractivity contribution in [2.45, 2.75) is 0 Å². The van der Waals surface area contributed by atoms with E-state index >= 15 is 0 Å². The zero-order valence-electron chi connectivity index (χ0n) is 13.6. The van der Waals surface area contributed by atoms with Gasteiger partial charge in [-0.1, -0.05) is 66.7 Å². The minimum absolute atomic E-state index is 0.302. The summed E-state index contributed by atoms with van der Waals surface area (Å²) in [5, 5.41) is 16.9. The molecule has 5 aromatic carbocycles. The molecular formula is C24H16O. The minimum Gasteiger partial charge on any atom is -0.508 e. The molecule has 0 unspecified atom stereocenters. The molecule has 0 aliphatic rings. The maximum absolute atomic E-state index is 9.70. The van der Waals surface area contributed by atoms with Crippen molar-refractivity contribution < 1.29 is 5.11 Å². The predicted molar refractivity (Wildman–Crippen MR) is 106 cm³/mol. The van der Waals surface area contributed by atoms with Crippen LogP contribution in [0.5, 0.6) is 5.75 Å². The van der Waals surface area contributed by atoms with Gasteiger partial charge in [-0.25, -0.2) is 0 Å². The van der Waals surface area contributed by atoms with Crippen LogP contribution in [0.1, 0.15) is 0 Å². The monoisotopic (exact) mass is 320 g/mol. The topological polar surface area (TPSA) is 20.2 Å². The number of hydrogen-bond acceptors (Lipinski definition) is 1. The van der Waals surface area contributed by atoms with Crippen molar-refractivity contribution >= 4 is 32.3 Å². The van der Waals surface area contributed by atoms with Crippen molar-refractivity contribution in [1.82, 2.24) is 0 Å². The molecule has 5 aromatic rings. The lowest BCUT2D eigenvalue weighted by molar-refractivity contribution is 0.476. The van der Waals surface area contributed by atoms with Gasteiger partial charge in [0.05, 0.1) is 0 Å². The van der Waals surface area contributed by atoms with Gasteiger partial charge >= 0.3 is 0 Å². The van der Waals surface area contributed by atoms with Crippen LogP contribution in [0.25, 0.3) is 43.4 Å². The Kier molecular flexibility index (Phi) is 3.01. The molecule has 1 N–H and O–H groups in total. The number of benzene rings is 5. The van der Waals surface area contributed by atoms with E-state index in [1.807, 2.05) is 6.07 Å². The molecule has 0 amide bonds. The molecule has 1 heteroatoms. The Morgan fingerprint density at radius 1 is 0.480 bits per heavy atom. The highest BCUT2D eigenvalue weighted by Gasteiger charge is 2.10. The number of rotatable bonds is 1. The van der Waals surface area contributed by atoms with E-state index < -0.39 is 0 Å². The second-order valence-electron chi connectivity index (χ2n) is 6.44. The minimum atomic E-state index is 0.302. The molecule has 5 rings (SSSR count). The summed E-state index contributed by atoms with van der Waals surface area (Å²) in [4.78, 5) is 0. The van der Waals surface area contributed by atoms with Crippen LogP contribution in [0.4, 0.5) is 0 Å². The largest absolute Gasteiger partial charge is 0.508 e. The fraction of sp³-hybridized carbons (Fsp3) is 0. The van der Waals surface area contributed by atoms with E-state index in [0.29, 0.717) is 5.75 Å². The molecule has 25 heavy (non-hydrogen) atoms. The second-order valence-corrected chi connectivity index (χ2v) is 6.44. The Labute approximate surface area is 145 Å². The summed E-state index contributed by atoms with van der Waals surface area (Å²) in [7, 11) is 0. The van der Waals surface area contributed by atoms with Gasteiger partial charge < -0.3 is 5.11 Å². The van der Waals surface area contributed by atoms with Crippen molar-refractivity contribution in [3.8, 4) is 16.9 Å². The van der Waals surface area contributed by atoms with Crippen LogP contribution >= 0.6 is 0 Å². The lowest BCUT2D eigenvalue weighted by Crippen LogP contribution is -1.86. The van der Waals surface area contributed by atoms with E-state index in [1.54, 1.807) is 12.1 Å². The van der Waals surface area contributed by atoms with Crippen molar-refractivity contribution in [3.05, 3.63) is 91.0 Å². The Balaban J connectivity index is 1.91. The molecule has 0 radical (unpaired) electrons. The first-order valence-electron chi connectivity index (χ1n) is 8.43. The fourth-order valence-electron chi connectivity index (χ4n) is 3.71. The zero-order valence-corrected chi connectivity index (χ0v) is 13.6. The molecule has 1 nitrogen and oxygen atoms in total. The Bertz CT molecular complexity index is 1200. The van der Waals surface area contributed by atoms with E-state index in [-0.39, 0.29) is 0 Å². The van der Waals surface area contributed by atoms with Crippen LogP contribution < -0.4 is 0 Å². The van der Waals surface area contributed by atoms with Gasteiger partial charge in [0.15, 0.2) is 0 Å². The molecule has 0 heterocycles. The van der Waals surface area contributed by atoms with E-state index in [0.717, 1.165) is 10.8 Å². The van der Waals surface area contributed by atoms with Gasteiger partial charge in [-0.3, -0.25) is 0 Å². The van der Waals surface area contributed by atoms with Crippen molar-refractivity contribution in [2.75, 3.05) is 0 Å². The summed E-state index contributed by atoms with van der Waals surface area (Å²) in [6, 6.07) is 31.3. The van der Waals surface area contributed by atoms with Crippen molar-refractivity contribution in [1.29, 1.82) is 0 Å². The Morgan fingerprint density at radius 2 is 1.08 bits per heavy atom. The number of aromatic hydroxyl groups is 1. The number of hydrogen-bond donors (Lipinski definition) is 1. The summed E-state index contributed by atoms with van der Waals surface area (Å²) < 4.78 is 0. The molecule has 0 saturated carbocycles. The van der Waals surface area contributed by atoms with Gasteiger partial charge in [0.1, 0.15) is 5.75 Å². The first kappa shape index (κ1) is 14.1. The third kappa shape index (κ3) is 2.25. The van der Waals surface area contributed by atoms with Crippen LogP contribution in [-0.2, 0) is 0 Å². The number of phenols is 1. The van der Waals surface area contributed by atoms with E-state index in [1.165, 1.54) is 32.7 Å². The molecule has 0 spiro atoms. The van der Waals surface area contributed by atoms with Crippen LogP contribution in [-0.4, -0.2) is 5.11 Å². The van der Waals surface area contributed by atoms with E-state index in [9.17, 15) is 5.11 Å². The van der Waals surface area contributed by atoms with Crippen LogP contribution in [0.3, 0.4) is 0 Å². The lowest BCUT2D eigenvalue weighted by atomic mass is 9.91. The SMILES string of the molecule is Oc1ccc2cc(-c3c4ccccc4cc4ccccc34)ccc2c1. The number of fused-ring (bicyclic) bond motifs is 3. The van der Waals surface area contributed by atoms with Crippen molar-refractivity contribution in [2.24, 2.45) is 0 Å². The van der Waals surface area contributed by atoms with Gasteiger partial charge in [-0.2, -0.15) is 0 Å². The number of phenolic OH excluding ortho intramolecular Hbond substituents is 1. The maximum Gasteiger partial charge on any atom is 0.116 e. The highest BCUT2D eigenvalue weighted by Crippen LogP contribution is 2.37. The Hall–Kier alpha value is -3.32. The normalized spacial score (nSPS) is 11.4. The molecule has 118 valence electrons. The molecule has 0 saturated heterocycles. The first-order chi connectivity index (χ1) is 12.3. The third-order valence-electron chi connectivity index (χ3n) is 4.88. The highest BCUT2D eigenvalue weighted by atomic mass is 16.3. The average Bonchev–Trinajstić information content (AvgIpc) is 2.65.